The van der Waals surface area contributed by atoms with E-state index in [1.165, 1.54) is 49.0 Å². The van der Waals surface area contributed by atoms with Gasteiger partial charge in [0.25, 0.3) is 0 Å². The number of hydrogen-bond donors (Lipinski definition) is 0. The highest BCUT2D eigenvalue weighted by Crippen LogP contribution is 2.42. The second-order valence-electron chi connectivity index (χ2n) is 11.6. The van der Waals surface area contributed by atoms with Crippen LogP contribution in [0.2, 0.25) is 0 Å². The Balaban J connectivity index is 1.22. The predicted octanol–water partition coefficient (Wildman–Crippen LogP) is 10.7. The van der Waals surface area contributed by atoms with Gasteiger partial charge in [-0.1, -0.05) is 140 Å². The molecule has 8 aromatic carbocycles. The van der Waals surface area contributed by atoms with Crippen molar-refractivity contribution in [1.29, 1.82) is 0 Å². The van der Waals surface area contributed by atoms with Crippen molar-refractivity contribution in [3.63, 3.8) is 0 Å². The van der Waals surface area contributed by atoms with E-state index in [0.29, 0.717) is 11.1 Å². The van der Waals surface area contributed by atoms with Gasteiger partial charge in [-0.15, -0.1) is 0 Å². The van der Waals surface area contributed by atoms with E-state index >= 15 is 0 Å². The van der Waals surface area contributed by atoms with E-state index < -0.39 is 0 Å². The van der Waals surface area contributed by atoms with Gasteiger partial charge < -0.3 is 4.42 Å². The molecule has 2 heteroatoms. The van der Waals surface area contributed by atoms with Crippen molar-refractivity contribution >= 4 is 54.1 Å². The van der Waals surface area contributed by atoms with Crippen LogP contribution in [0.25, 0.3) is 65.2 Å². The van der Waals surface area contributed by atoms with Crippen molar-refractivity contribution < 1.29 is 4.42 Å². The normalized spacial score (nSPS) is 12.5. The highest BCUT2D eigenvalue weighted by atomic mass is 16.4. The van der Waals surface area contributed by atoms with E-state index in [9.17, 15) is 4.79 Å². The largest absolute Gasteiger partial charge is 0.422 e. The lowest BCUT2D eigenvalue weighted by atomic mass is 9.81. The van der Waals surface area contributed by atoms with Crippen LogP contribution in [0.5, 0.6) is 0 Å². The maximum Gasteiger partial charge on any atom is 0.344 e. The fourth-order valence-corrected chi connectivity index (χ4v) is 7.13. The van der Waals surface area contributed by atoms with Crippen LogP contribution < -0.4 is 5.63 Å². The van der Waals surface area contributed by atoms with E-state index in [1.807, 2.05) is 30.3 Å². The van der Waals surface area contributed by atoms with E-state index in [0.717, 1.165) is 21.7 Å². The van der Waals surface area contributed by atoms with Crippen LogP contribution in [0.15, 0.2) is 161 Å². The molecule has 1 atom stereocenters. The molecule has 0 amide bonds. The van der Waals surface area contributed by atoms with Gasteiger partial charge >= 0.3 is 5.63 Å². The summed E-state index contributed by atoms with van der Waals surface area (Å²) in [5.41, 5.74) is 5.36. The van der Waals surface area contributed by atoms with Crippen LogP contribution in [0.3, 0.4) is 0 Å². The summed E-state index contributed by atoms with van der Waals surface area (Å²) in [5.74, 6) is 0.0202. The maximum atomic E-state index is 13.2. The molecule has 1 heterocycles. The number of rotatable bonds is 4. The molecule has 0 saturated carbocycles. The van der Waals surface area contributed by atoms with E-state index in [2.05, 4.69) is 121 Å². The molecule has 0 saturated heterocycles. The van der Waals surface area contributed by atoms with Gasteiger partial charge in [0.1, 0.15) is 5.58 Å². The summed E-state index contributed by atoms with van der Waals surface area (Å²) >= 11 is 0. The molecule has 0 fully saturated rings. The Hall–Kier alpha value is -5.73. The zero-order valence-electron chi connectivity index (χ0n) is 23.8. The van der Waals surface area contributed by atoms with Gasteiger partial charge in [-0.2, -0.15) is 0 Å². The first kappa shape index (κ1) is 24.8. The van der Waals surface area contributed by atoms with Gasteiger partial charge in [-0.05, 0) is 77.5 Å². The SMILES string of the molecule is O=c1oc2ccc3ccccc3c2cc1-c1ccc(C(c2ccccc2)c2ccc3ccc4cccc5ccc2c3c45)cc1. The summed E-state index contributed by atoms with van der Waals surface area (Å²) in [7, 11) is 0. The molecule has 1 unspecified atom stereocenters. The van der Waals surface area contributed by atoms with Crippen LogP contribution >= 0.6 is 0 Å². The summed E-state index contributed by atoms with van der Waals surface area (Å²) in [5, 5.41) is 10.8. The fourth-order valence-electron chi connectivity index (χ4n) is 7.13. The predicted molar refractivity (Wildman–Crippen MR) is 183 cm³/mol. The van der Waals surface area contributed by atoms with Crippen molar-refractivity contribution in [2.75, 3.05) is 0 Å². The zero-order valence-corrected chi connectivity index (χ0v) is 23.8. The summed E-state index contributed by atoms with van der Waals surface area (Å²) in [6, 6.07) is 53.3. The molecule has 0 radical (unpaired) electrons. The van der Waals surface area contributed by atoms with Gasteiger partial charge in [0.15, 0.2) is 0 Å². The van der Waals surface area contributed by atoms with E-state index in [1.54, 1.807) is 0 Å². The molecule has 9 rings (SSSR count). The van der Waals surface area contributed by atoms with Crippen molar-refractivity contribution in [3.05, 3.63) is 179 Å². The van der Waals surface area contributed by atoms with Crippen LogP contribution in [0.4, 0.5) is 0 Å². The minimum Gasteiger partial charge on any atom is -0.422 e. The highest BCUT2D eigenvalue weighted by molar-refractivity contribution is 6.23. The molecule has 2 nitrogen and oxygen atoms in total. The Labute approximate surface area is 253 Å². The summed E-state index contributed by atoms with van der Waals surface area (Å²) < 4.78 is 5.82. The number of fused-ring (bicyclic) bond motifs is 3. The van der Waals surface area contributed by atoms with Crippen LogP contribution in [-0.2, 0) is 0 Å². The second-order valence-corrected chi connectivity index (χ2v) is 11.6. The molecule has 1 aromatic heterocycles. The Morgan fingerprint density at radius 3 is 1.91 bits per heavy atom. The van der Waals surface area contributed by atoms with Crippen molar-refractivity contribution in [2.45, 2.75) is 5.92 Å². The minimum atomic E-state index is -0.327. The Morgan fingerprint density at radius 1 is 0.455 bits per heavy atom. The van der Waals surface area contributed by atoms with Crippen molar-refractivity contribution in [1.82, 2.24) is 0 Å². The first-order chi connectivity index (χ1) is 21.7. The first-order valence-electron chi connectivity index (χ1n) is 15.0. The summed E-state index contributed by atoms with van der Waals surface area (Å²) in [6.07, 6.45) is 0. The van der Waals surface area contributed by atoms with Crippen LogP contribution in [0, 0.1) is 0 Å². The lowest BCUT2D eigenvalue weighted by Crippen LogP contribution is -2.06. The smallest absolute Gasteiger partial charge is 0.344 e. The third-order valence-corrected chi connectivity index (χ3v) is 9.20. The topological polar surface area (TPSA) is 30.2 Å². The van der Waals surface area contributed by atoms with Gasteiger partial charge in [-0.25, -0.2) is 4.79 Å². The fraction of sp³-hybridized carbons (Fsp3) is 0.0238. The Bertz CT molecular complexity index is 2540. The van der Waals surface area contributed by atoms with E-state index in [4.69, 9.17) is 4.42 Å². The molecular weight excluding hydrogens is 536 g/mol. The summed E-state index contributed by atoms with van der Waals surface area (Å²) in [4.78, 5) is 13.2. The lowest BCUT2D eigenvalue weighted by molar-refractivity contribution is 0.564. The standard InChI is InChI=1S/C42H26O2/c43-42-36(25-37-33-12-5-4-7-26(33)21-24-38(37)44-42)27-13-15-31(16-14-27)39(28-8-2-1-3-9-28)34-22-20-32-18-17-29-10-6-11-30-19-23-35(34)41(32)40(29)30/h1-25,39H. The van der Waals surface area contributed by atoms with Gasteiger partial charge in [-0.3, -0.25) is 0 Å². The summed E-state index contributed by atoms with van der Waals surface area (Å²) in [6.45, 7) is 0. The molecule has 0 aliphatic heterocycles. The number of hydrogen-bond acceptors (Lipinski definition) is 2. The average Bonchev–Trinajstić information content (AvgIpc) is 3.08. The van der Waals surface area contributed by atoms with Gasteiger partial charge in [0, 0.05) is 11.3 Å². The molecule has 0 spiro atoms. The van der Waals surface area contributed by atoms with Gasteiger partial charge in [0.2, 0.25) is 0 Å². The molecule has 44 heavy (non-hydrogen) atoms. The molecule has 0 N–H and O–H groups in total. The average molecular weight is 563 g/mol. The second kappa shape index (κ2) is 9.65. The third-order valence-electron chi connectivity index (χ3n) is 9.20. The first-order valence-corrected chi connectivity index (χ1v) is 15.0. The molecule has 0 aliphatic carbocycles. The zero-order chi connectivity index (χ0) is 29.2. The Morgan fingerprint density at radius 2 is 1.09 bits per heavy atom. The minimum absolute atomic E-state index is 0.0202. The Kier molecular flexibility index (Phi) is 5.45. The van der Waals surface area contributed by atoms with Crippen molar-refractivity contribution in [2.24, 2.45) is 0 Å². The van der Waals surface area contributed by atoms with Crippen LogP contribution in [-0.4, -0.2) is 0 Å². The molecule has 0 bridgehead atoms. The number of benzene rings is 8. The quantitative estimate of drug-likeness (QED) is 0.121. The highest BCUT2D eigenvalue weighted by Gasteiger charge is 2.21. The van der Waals surface area contributed by atoms with Crippen molar-refractivity contribution in [3.8, 4) is 11.1 Å². The molecule has 0 aliphatic rings. The lowest BCUT2D eigenvalue weighted by Gasteiger charge is -2.23. The maximum absolute atomic E-state index is 13.2. The van der Waals surface area contributed by atoms with Gasteiger partial charge in [0.05, 0.1) is 5.56 Å². The third kappa shape index (κ3) is 3.78. The monoisotopic (exact) mass is 562 g/mol. The van der Waals surface area contributed by atoms with E-state index in [-0.39, 0.29) is 11.5 Å². The molecule has 206 valence electrons. The molecule has 9 aromatic rings. The van der Waals surface area contributed by atoms with Crippen LogP contribution in [0.1, 0.15) is 22.6 Å². The molecular formula is C42H26O2.